The van der Waals surface area contributed by atoms with E-state index in [1.807, 2.05) is 0 Å². The third-order valence-corrected chi connectivity index (χ3v) is 3.20. The molecule has 2 aromatic rings. The molecule has 0 atom stereocenters. The molecule has 1 aromatic carbocycles. The minimum Gasteiger partial charge on any atom is -0.478 e. The van der Waals surface area contributed by atoms with Crippen molar-refractivity contribution in [1.29, 1.82) is 0 Å². The predicted molar refractivity (Wildman–Crippen MR) is 70.7 cm³/mol. The van der Waals surface area contributed by atoms with E-state index in [2.05, 4.69) is 31.4 Å². The fraction of sp³-hybridized carbons (Fsp3) is 0.250. The van der Waals surface area contributed by atoms with E-state index in [4.69, 9.17) is 9.63 Å². The van der Waals surface area contributed by atoms with Crippen molar-refractivity contribution in [3.8, 4) is 0 Å². The van der Waals surface area contributed by atoms with Crippen molar-refractivity contribution in [3.63, 3.8) is 0 Å². The quantitative estimate of drug-likeness (QED) is 0.875. The fourth-order valence-electron chi connectivity index (χ4n) is 1.54. The summed E-state index contributed by atoms with van der Waals surface area (Å²) in [7, 11) is 0. The van der Waals surface area contributed by atoms with Gasteiger partial charge in [0.1, 0.15) is 0 Å². The summed E-state index contributed by atoms with van der Waals surface area (Å²) in [6, 6.07) is 4.91. The smallest absolute Gasteiger partial charge is 0.335 e. The van der Waals surface area contributed by atoms with Crippen LogP contribution in [-0.2, 0) is 13.1 Å². The van der Waals surface area contributed by atoms with E-state index >= 15 is 0 Å². The molecule has 2 N–H and O–H groups in total. The van der Waals surface area contributed by atoms with Gasteiger partial charge < -0.3 is 14.9 Å². The van der Waals surface area contributed by atoms with Crippen molar-refractivity contribution in [3.05, 3.63) is 45.5 Å². The van der Waals surface area contributed by atoms with Crippen molar-refractivity contribution in [2.45, 2.75) is 20.0 Å². The molecule has 2 rings (SSSR count). The number of hydrogen-bond acceptors (Lipinski definition) is 5. The Balaban J connectivity index is 1.94. The van der Waals surface area contributed by atoms with Gasteiger partial charge in [0, 0.05) is 11.0 Å². The van der Waals surface area contributed by atoms with Crippen molar-refractivity contribution in [2.75, 3.05) is 0 Å². The van der Waals surface area contributed by atoms with E-state index < -0.39 is 5.97 Å². The van der Waals surface area contributed by atoms with Gasteiger partial charge in [0.25, 0.3) is 0 Å². The molecule has 0 unspecified atom stereocenters. The molecule has 6 nitrogen and oxygen atoms in total. The van der Waals surface area contributed by atoms with E-state index in [0.29, 0.717) is 24.8 Å². The lowest BCUT2D eigenvalue weighted by atomic mass is 10.1. The largest absolute Gasteiger partial charge is 0.478 e. The molecule has 0 amide bonds. The van der Waals surface area contributed by atoms with Crippen molar-refractivity contribution < 1.29 is 14.4 Å². The Bertz CT molecular complexity index is 598. The lowest BCUT2D eigenvalue weighted by Crippen LogP contribution is -2.13. The second-order valence-electron chi connectivity index (χ2n) is 3.95. The highest BCUT2D eigenvalue weighted by atomic mass is 79.9. The molecule has 7 heteroatoms. The van der Waals surface area contributed by atoms with Crippen molar-refractivity contribution in [1.82, 2.24) is 15.5 Å². The molecule has 1 heterocycles. The van der Waals surface area contributed by atoms with Gasteiger partial charge in [0.2, 0.25) is 5.89 Å². The zero-order valence-electron chi connectivity index (χ0n) is 10.2. The molecule has 0 spiro atoms. The van der Waals surface area contributed by atoms with Crippen LogP contribution in [0.4, 0.5) is 0 Å². The first kappa shape index (κ1) is 13.7. The minimum atomic E-state index is -0.943. The van der Waals surface area contributed by atoms with Crippen LogP contribution >= 0.6 is 15.9 Å². The van der Waals surface area contributed by atoms with Crippen LogP contribution in [0.25, 0.3) is 0 Å². The number of aryl methyl sites for hydroxylation is 1. The number of aromatic nitrogens is 2. The van der Waals surface area contributed by atoms with Gasteiger partial charge in [-0.1, -0.05) is 27.2 Å². The van der Waals surface area contributed by atoms with E-state index in [0.717, 1.165) is 10.0 Å². The van der Waals surface area contributed by atoms with Crippen LogP contribution in [0, 0.1) is 6.92 Å². The first-order valence-electron chi connectivity index (χ1n) is 5.58. The van der Waals surface area contributed by atoms with Crippen LogP contribution < -0.4 is 5.32 Å². The summed E-state index contributed by atoms with van der Waals surface area (Å²) in [4.78, 5) is 14.9. The third kappa shape index (κ3) is 3.62. The monoisotopic (exact) mass is 325 g/mol. The van der Waals surface area contributed by atoms with Gasteiger partial charge in [-0.15, -0.1) is 0 Å². The average molecular weight is 326 g/mol. The van der Waals surface area contributed by atoms with Crippen LogP contribution in [0.3, 0.4) is 0 Å². The van der Waals surface area contributed by atoms with Gasteiger partial charge in [-0.2, -0.15) is 4.98 Å². The van der Waals surface area contributed by atoms with Gasteiger partial charge >= 0.3 is 5.97 Å². The summed E-state index contributed by atoms with van der Waals surface area (Å²) < 4.78 is 5.72. The zero-order valence-corrected chi connectivity index (χ0v) is 11.8. The molecule has 1 aromatic heterocycles. The SMILES string of the molecule is Cc1noc(CNCc2ccc(C(=O)O)cc2Br)n1. The second kappa shape index (κ2) is 5.94. The normalized spacial score (nSPS) is 10.6. The Morgan fingerprint density at radius 1 is 1.47 bits per heavy atom. The molecule has 0 radical (unpaired) electrons. The van der Waals surface area contributed by atoms with Gasteiger partial charge in [0.15, 0.2) is 5.82 Å². The summed E-state index contributed by atoms with van der Waals surface area (Å²) in [6.45, 7) is 2.80. The third-order valence-electron chi connectivity index (χ3n) is 2.46. The lowest BCUT2D eigenvalue weighted by molar-refractivity contribution is 0.0697. The van der Waals surface area contributed by atoms with Crippen molar-refractivity contribution >= 4 is 21.9 Å². The fourth-order valence-corrected chi connectivity index (χ4v) is 2.06. The maximum atomic E-state index is 10.8. The Hall–Kier alpha value is -1.73. The van der Waals surface area contributed by atoms with Crippen LogP contribution in [0.1, 0.15) is 27.6 Å². The Kier molecular flexibility index (Phi) is 4.28. The molecular weight excluding hydrogens is 314 g/mol. The summed E-state index contributed by atoms with van der Waals surface area (Å²) in [5, 5.41) is 15.7. The maximum Gasteiger partial charge on any atom is 0.335 e. The van der Waals surface area contributed by atoms with Crippen LogP contribution in [-0.4, -0.2) is 21.2 Å². The predicted octanol–water partition coefficient (Wildman–Crippen LogP) is 2.13. The summed E-state index contributed by atoms with van der Waals surface area (Å²) in [5.41, 5.74) is 1.21. The summed E-state index contributed by atoms with van der Waals surface area (Å²) >= 11 is 3.35. The molecule has 0 aliphatic heterocycles. The number of halogens is 1. The summed E-state index contributed by atoms with van der Waals surface area (Å²) in [5.74, 6) is 0.182. The molecule has 19 heavy (non-hydrogen) atoms. The molecule has 0 fully saturated rings. The number of nitrogens with zero attached hydrogens (tertiary/aromatic N) is 2. The highest BCUT2D eigenvalue weighted by Gasteiger charge is 2.07. The number of carboxylic acids is 1. The topological polar surface area (TPSA) is 88.2 Å². The number of carboxylic acid groups (broad SMARTS) is 1. The Labute approximate surface area is 118 Å². The zero-order chi connectivity index (χ0) is 13.8. The number of aromatic carboxylic acids is 1. The Morgan fingerprint density at radius 3 is 2.84 bits per heavy atom. The molecule has 0 saturated heterocycles. The molecule has 0 aliphatic carbocycles. The highest BCUT2D eigenvalue weighted by molar-refractivity contribution is 9.10. The number of carbonyl (C=O) groups is 1. The van der Waals surface area contributed by atoms with E-state index in [9.17, 15) is 4.79 Å². The van der Waals surface area contributed by atoms with Crippen LogP contribution in [0.2, 0.25) is 0 Å². The molecule has 0 bridgehead atoms. The lowest BCUT2D eigenvalue weighted by Gasteiger charge is -2.06. The average Bonchev–Trinajstić information content (AvgIpc) is 2.77. The molecule has 0 aliphatic rings. The van der Waals surface area contributed by atoms with Crippen LogP contribution in [0.15, 0.2) is 27.2 Å². The van der Waals surface area contributed by atoms with Crippen LogP contribution in [0.5, 0.6) is 0 Å². The van der Waals surface area contributed by atoms with E-state index in [1.165, 1.54) is 0 Å². The first-order chi connectivity index (χ1) is 9.06. The highest BCUT2D eigenvalue weighted by Crippen LogP contribution is 2.18. The Morgan fingerprint density at radius 2 is 2.26 bits per heavy atom. The van der Waals surface area contributed by atoms with Gasteiger partial charge in [-0.25, -0.2) is 4.79 Å². The van der Waals surface area contributed by atoms with Gasteiger partial charge in [-0.05, 0) is 24.6 Å². The minimum absolute atomic E-state index is 0.253. The number of benzene rings is 1. The number of nitrogens with one attached hydrogen (secondary N) is 1. The maximum absolute atomic E-state index is 10.8. The van der Waals surface area contributed by atoms with Gasteiger partial charge in [0.05, 0.1) is 12.1 Å². The van der Waals surface area contributed by atoms with Crippen molar-refractivity contribution in [2.24, 2.45) is 0 Å². The number of hydrogen-bond donors (Lipinski definition) is 2. The first-order valence-corrected chi connectivity index (χ1v) is 6.37. The molecular formula is C12H12BrN3O3. The number of rotatable bonds is 5. The van der Waals surface area contributed by atoms with E-state index in [-0.39, 0.29) is 5.56 Å². The second-order valence-corrected chi connectivity index (χ2v) is 4.80. The molecule has 0 saturated carbocycles. The molecule has 100 valence electrons. The summed E-state index contributed by atoms with van der Waals surface area (Å²) in [6.07, 6.45) is 0. The standard InChI is InChI=1S/C12H12BrN3O3/c1-7-15-11(19-16-7)6-14-5-9-3-2-8(12(17)18)4-10(9)13/h2-4,14H,5-6H2,1H3,(H,17,18). The van der Waals surface area contributed by atoms with E-state index in [1.54, 1.807) is 25.1 Å². The van der Waals surface area contributed by atoms with Gasteiger partial charge in [-0.3, -0.25) is 0 Å².